The summed E-state index contributed by atoms with van der Waals surface area (Å²) >= 11 is 0. The minimum atomic E-state index is -4.64. The van der Waals surface area contributed by atoms with Crippen LogP contribution in [0.4, 0.5) is 36.8 Å². The van der Waals surface area contributed by atoms with Crippen molar-refractivity contribution >= 4 is 22.8 Å². The third kappa shape index (κ3) is 4.85. The number of carbonyl (C=O) groups excluding carboxylic acids is 1. The van der Waals surface area contributed by atoms with Crippen molar-refractivity contribution in [3.63, 3.8) is 0 Å². The standard InChI is InChI=1S/C26H19F6N3O2/c27-25(28,29)17-7-2-1-6-16(17)15-11-12-22-20(14-15)33-23(37-22)21-10-5-13-35(21)24(36)34-19-9-4-3-8-18(19)26(30,31)32/h1-4,6-9,11-12,14,21H,5,10,13H2,(H,34,36)/t21-/m0/s1. The minimum absolute atomic E-state index is 0.00773. The van der Waals surface area contributed by atoms with Crippen LogP contribution in [0.2, 0.25) is 0 Å². The van der Waals surface area contributed by atoms with E-state index in [0.717, 1.165) is 12.1 Å². The number of benzene rings is 3. The Balaban J connectivity index is 1.43. The molecule has 37 heavy (non-hydrogen) atoms. The smallest absolute Gasteiger partial charge is 0.418 e. The molecule has 0 aliphatic carbocycles. The van der Waals surface area contributed by atoms with Crippen molar-refractivity contribution in [1.82, 2.24) is 9.88 Å². The van der Waals surface area contributed by atoms with Crippen LogP contribution in [0, 0.1) is 0 Å². The molecule has 1 aromatic heterocycles. The fourth-order valence-electron chi connectivity index (χ4n) is 4.53. The fraction of sp³-hybridized carbons (Fsp3) is 0.231. The Morgan fingerprint density at radius 2 is 1.59 bits per heavy atom. The van der Waals surface area contributed by atoms with Crippen LogP contribution in [0.3, 0.4) is 0 Å². The highest BCUT2D eigenvalue weighted by Crippen LogP contribution is 2.39. The van der Waals surface area contributed by atoms with Gasteiger partial charge in [-0.1, -0.05) is 36.4 Å². The van der Waals surface area contributed by atoms with Crippen LogP contribution in [-0.4, -0.2) is 22.5 Å². The molecule has 1 saturated heterocycles. The summed E-state index contributed by atoms with van der Waals surface area (Å²) in [5.41, 5.74) is -1.20. The molecule has 1 aliphatic heterocycles. The zero-order valence-electron chi connectivity index (χ0n) is 19.0. The number of urea groups is 1. The zero-order valence-corrected chi connectivity index (χ0v) is 19.0. The van der Waals surface area contributed by atoms with Crippen LogP contribution in [0.15, 0.2) is 71.1 Å². The van der Waals surface area contributed by atoms with E-state index in [2.05, 4.69) is 10.3 Å². The number of hydrogen-bond donors (Lipinski definition) is 1. The Morgan fingerprint density at radius 1 is 0.919 bits per heavy atom. The molecule has 0 unspecified atom stereocenters. The number of fused-ring (bicyclic) bond motifs is 1. The van der Waals surface area contributed by atoms with Crippen molar-refractivity contribution in [2.24, 2.45) is 0 Å². The molecule has 5 nitrogen and oxygen atoms in total. The molecular formula is C26H19F6N3O2. The number of anilines is 1. The van der Waals surface area contributed by atoms with E-state index < -0.39 is 35.6 Å². The Bertz CT molecular complexity index is 1460. The van der Waals surface area contributed by atoms with E-state index in [0.29, 0.717) is 29.5 Å². The topological polar surface area (TPSA) is 58.4 Å². The number of amides is 2. The van der Waals surface area contributed by atoms with E-state index in [4.69, 9.17) is 4.42 Å². The van der Waals surface area contributed by atoms with Crippen molar-refractivity contribution in [3.05, 3.63) is 83.7 Å². The third-order valence-electron chi connectivity index (χ3n) is 6.22. The number of alkyl halides is 6. The average Bonchev–Trinajstić information content (AvgIpc) is 3.50. The van der Waals surface area contributed by atoms with Crippen LogP contribution in [0.1, 0.15) is 35.9 Å². The van der Waals surface area contributed by atoms with Crippen molar-refractivity contribution in [3.8, 4) is 11.1 Å². The molecule has 3 aromatic carbocycles. The predicted molar refractivity (Wildman–Crippen MR) is 124 cm³/mol. The van der Waals surface area contributed by atoms with Gasteiger partial charge in [0, 0.05) is 6.54 Å². The summed E-state index contributed by atoms with van der Waals surface area (Å²) in [7, 11) is 0. The maximum absolute atomic E-state index is 13.5. The number of para-hydroxylation sites is 1. The van der Waals surface area contributed by atoms with E-state index in [-0.39, 0.29) is 23.7 Å². The van der Waals surface area contributed by atoms with Crippen LogP contribution in [-0.2, 0) is 12.4 Å². The van der Waals surface area contributed by atoms with E-state index in [1.54, 1.807) is 0 Å². The molecule has 0 radical (unpaired) electrons. The molecule has 0 spiro atoms. The van der Waals surface area contributed by atoms with Gasteiger partial charge < -0.3 is 14.6 Å². The van der Waals surface area contributed by atoms with Crippen LogP contribution >= 0.6 is 0 Å². The largest absolute Gasteiger partial charge is 0.438 e. The molecule has 1 fully saturated rings. The second kappa shape index (κ2) is 9.13. The first-order valence-electron chi connectivity index (χ1n) is 11.3. The lowest BCUT2D eigenvalue weighted by Gasteiger charge is -2.23. The Hall–Kier alpha value is -4.02. The highest BCUT2D eigenvalue weighted by Gasteiger charge is 2.37. The van der Waals surface area contributed by atoms with Gasteiger partial charge in [0.25, 0.3) is 0 Å². The molecule has 11 heteroatoms. The van der Waals surface area contributed by atoms with Crippen LogP contribution in [0.5, 0.6) is 0 Å². The molecule has 192 valence electrons. The van der Waals surface area contributed by atoms with Gasteiger partial charge in [-0.05, 0) is 54.3 Å². The van der Waals surface area contributed by atoms with Gasteiger partial charge in [0.15, 0.2) is 5.58 Å². The van der Waals surface area contributed by atoms with E-state index in [9.17, 15) is 31.1 Å². The molecule has 0 saturated carbocycles. The molecular weight excluding hydrogens is 500 g/mol. The van der Waals surface area contributed by atoms with Crippen LogP contribution in [0.25, 0.3) is 22.2 Å². The number of hydrogen-bond acceptors (Lipinski definition) is 3. The molecule has 1 aliphatic rings. The molecule has 5 rings (SSSR count). The SMILES string of the molecule is O=C(Nc1ccccc1C(F)(F)F)N1CCC[C@H]1c1nc2cc(-c3ccccc3C(F)(F)F)ccc2o1. The van der Waals surface area contributed by atoms with Gasteiger partial charge in [0.1, 0.15) is 11.6 Å². The first-order valence-corrected chi connectivity index (χ1v) is 11.3. The zero-order chi connectivity index (χ0) is 26.4. The quantitative estimate of drug-likeness (QED) is 0.280. The Kier molecular flexibility index (Phi) is 6.09. The van der Waals surface area contributed by atoms with Crippen molar-refractivity contribution in [2.45, 2.75) is 31.2 Å². The number of oxazole rings is 1. The molecule has 2 heterocycles. The number of nitrogens with zero attached hydrogens (tertiary/aromatic N) is 2. The molecule has 1 atom stereocenters. The second-order valence-electron chi connectivity index (χ2n) is 8.60. The normalized spacial score (nSPS) is 16.4. The fourth-order valence-corrected chi connectivity index (χ4v) is 4.53. The van der Waals surface area contributed by atoms with Gasteiger partial charge >= 0.3 is 18.4 Å². The lowest BCUT2D eigenvalue weighted by atomic mass is 9.99. The molecule has 1 N–H and O–H groups in total. The highest BCUT2D eigenvalue weighted by molar-refractivity contribution is 5.91. The maximum atomic E-state index is 13.5. The molecule has 0 bridgehead atoms. The number of likely N-dealkylation sites (tertiary alicyclic amines) is 1. The highest BCUT2D eigenvalue weighted by atomic mass is 19.4. The summed E-state index contributed by atoms with van der Waals surface area (Å²) < 4.78 is 86.2. The van der Waals surface area contributed by atoms with Gasteiger partial charge in [-0.15, -0.1) is 0 Å². The lowest BCUT2D eigenvalue weighted by Crippen LogP contribution is -2.35. The van der Waals surface area contributed by atoms with Crippen molar-refractivity contribution in [1.29, 1.82) is 0 Å². The molecule has 2 amide bonds. The van der Waals surface area contributed by atoms with Gasteiger partial charge in [-0.25, -0.2) is 9.78 Å². The summed E-state index contributed by atoms with van der Waals surface area (Å²) in [5.74, 6) is 0.160. The first kappa shape index (κ1) is 24.7. The summed E-state index contributed by atoms with van der Waals surface area (Å²) in [6.07, 6.45) is -8.15. The predicted octanol–water partition coefficient (Wildman–Crippen LogP) is 7.90. The van der Waals surface area contributed by atoms with Gasteiger partial charge in [0.2, 0.25) is 5.89 Å². The van der Waals surface area contributed by atoms with Crippen molar-refractivity contribution in [2.75, 3.05) is 11.9 Å². The minimum Gasteiger partial charge on any atom is -0.438 e. The summed E-state index contributed by atoms with van der Waals surface area (Å²) in [6, 6.07) is 13.0. The Labute approximate surface area is 206 Å². The summed E-state index contributed by atoms with van der Waals surface area (Å²) in [6.45, 7) is 0.271. The van der Waals surface area contributed by atoms with E-state index in [1.807, 2.05) is 0 Å². The number of rotatable bonds is 3. The maximum Gasteiger partial charge on any atom is 0.418 e. The van der Waals surface area contributed by atoms with Crippen LogP contribution < -0.4 is 5.32 Å². The van der Waals surface area contributed by atoms with Gasteiger partial charge in [-0.2, -0.15) is 26.3 Å². The number of aromatic nitrogens is 1. The second-order valence-corrected chi connectivity index (χ2v) is 8.60. The average molecular weight is 519 g/mol. The third-order valence-corrected chi connectivity index (χ3v) is 6.22. The lowest BCUT2D eigenvalue weighted by molar-refractivity contribution is -0.137. The number of halogens is 6. The first-order chi connectivity index (χ1) is 17.5. The van der Waals surface area contributed by atoms with Crippen molar-refractivity contribution < 1.29 is 35.6 Å². The van der Waals surface area contributed by atoms with E-state index in [1.165, 1.54) is 59.5 Å². The summed E-state index contributed by atoms with van der Waals surface area (Å²) in [4.78, 5) is 18.7. The summed E-state index contributed by atoms with van der Waals surface area (Å²) in [5, 5.41) is 2.33. The monoisotopic (exact) mass is 519 g/mol. The number of nitrogens with one attached hydrogen (secondary N) is 1. The van der Waals surface area contributed by atoms with Gasteiger partial charge in [0.05, 0.1) is 16.8 Å². The Morgan fingerprint density at radius 3 is 2.32 bits per heavy atom. The molecule has 4 aromatic rings. The van der Waals surface area contributed by atoms with Gasteiger partial charge in [-0.3, -0.25) is 0 Å². The van der Waals surface area contributed by atoms with E-state index >= 15 is 0 Å². The number of carbonyl (C=O) groups is 1.